The fraction of sp³-hybridized carbons (Fsp3) is 0.756. The molecule has 12 heteroatoms. The number of piperazine rings is 1. The molecule has 322 valence electrons. The Balaban J connectivity index is 1.77. The number of likely N-dealkylation sites (tertiary alicyclic amines) is 1. The summed E-state index contributed by atoms with van der Waals surface area (Å²) in [4.78, 5) is 74.1. The van der Waals surface area contributed by atoms with E-state index in [2.05, 4.69) is 37.9 Å². The fourth-order valence-electron chi connectivity index (χ4n) is 9.39. The average Bonchev–Trinajstić information content (AvgIpc) is 3.66. The first-order valence-corrected chi connectivity index (χ1v) is 21.4. The largest absolute Gasteiger partial charge is 0.481 e. The van der Waals surface area contributed by atoms with E-state index in [9.17, 15) is 29.1 Å². The Morgan fingerprint density at radius 1 is 0.860 bits per heavy atom. The Morgan fingerprint density at radius 2 is 1.51 bits per heavy atom. The van der Waals surface area contributed by atoms with E-state index in [-0.39, 0.29) is 84.8 Å². The van der Waals surface area contributed by atoms with Crippen LogP contribution in [-0.4, -0.2) is 133 Å². The van der Waals surface area contributed by atoms with E-state index in [0.29, 0.717) is 19.4 Å². The van der Waals surface area contributed by atoms with Gasteiger partial charge in [-0.25, -0.2) is 0 Å². The molecule has 3 rings (SSSR count). The summed E-state index contributed by atoms with van der Waals surface area (Å²) in [6.07, 6.45) is 1.67. The molecule has 2 fully saturated rings. The molecule has 0 saturated carbocycles. The molecule has 1 unspecified atom stereocenters. The number of hydrogen-bond donors (Lipinski definition) is 2. The van der Waals surface area contributed by atoms with Crippen LogP contribution in [0.25, 0.3) is 0 Å². The topological polar surface area (TPSA) is 146 Å². The smallest absolute Gasteiger partial charge is 0.303 e. The van der Waals surface area contributed by atoms with Crippen LogP contribution in [0.3, 0.4) is 0 Å². The van der Waals surface area contributed by atoms with E-state index in [1.165, 1.54) is 0 Å². The number of rotatable bonds is 24. The minimum atomic E-state index is -0.943. The lowest BCUT2D eigenvalue weighted by Gasteiger charge is -2.41. The molecule has 2 aliphatic rings. The number of carbonyl (C=O) groups is 5. The van der Waals surface area contributed by atoms with Crippen LogP contribution in [0, 0.1) is 35.5 Å². The number of ketones is 2. The third kappa shape index (κ3) is 13.4. The minimum Gasteiger partial charge on any atom is -0.481 e. The van der Waals surface area contributed by atoms with Gasteiger partial charge in [0, 0.05) is 85.1 Å². The third-order valence-electron chi connectivity index (χ3n) is 12.7. The number of nitrogens with zero attached hydrogens (tertiary/aromatic N) is 3. The number of methoxy groups -OCH3 is 2. The molecule has 1 aromatic rings. The first kappa shape index (κ1) is 48.2. The van der Waals surface area contributed by atoms with Gasteiger partial charge in [0.15, 0.2) is 5.78 Å². The predicted molar refractivity (Wildman–Crippen MR) is 223 cm³/mol. The van der Waals surface area contributed by atoms with Crippen LogP contribution in [0.15, 0.2) is 30.3 Å². The second kappa shape index (κ2) is 23.4. The molecule has 0 spiro atoms. The normalized spacial score (nSPS) is 20.7. The van der Waals surface area contributed by atoms with E-state index in [1.807, 2.05) is 56.0 Å². The summed E-state index contributed by atoms with van der Waals surface area (Å²) in [7, 11) is 4.93. The van der Waals surface area contributed by atoms with Gasteiger partial charge in [0.2, 0.25) is 11.8 Å². The van der Waals surface area contributed by atoms with Gasteiger partial charge in [-0.05, 0) is 48.5 Å². The first-order valence-electron chi connectivity index (χ1n) is 21.4. The zero-order valence-corrected chi connectivity index (χ0v) is 36.6. The standard InChI is InChI=1S/C45H74N4O8/c1-11-31(6)43(47(8)45(55)35(29(2)3)27-38(51)42(30(4)5)48-22-19-46-20-23-48)39(56-9)28-40(52)49-21-15-18-36(49)44(57-10)32(7)37(50)25-34(26-41(53)54)24-33-16-13-12-14-17-33/h12-14,16-17,29-32,34-36,39,42-44,46H,11,15,18-28H2,1-10H3,(H,53,54)/t31-,32-,34+,35-,36-,39?,42-,43-,44+/m0/s1. The van der Waals surface area contributed by atoms with E-state index < -0.39 is 36.1 Å². The summed E-state index contributed by atoms with van der Waals surface area (Å²) in [5.74, 6) is -2.56. The quantitative estimate of drug-likeness (QED) is 0.140. The molecule has 0 radical (unpaired) electrons. The van der Waals surface area contributed by atoms with Crippen molar-refractivity contribution in [2.75, 3.05) is 54.0 Å². The minimum absolute atomic E-state index is 0.00199. The van der Waals surface area contributed by atoms with Crippen molar-refractivity contribution in [1.29, 1.82) is 0 Å². The molecule has 0 aliphatic carbocycles. The Morgan fingerprint density at radius 3 is 2.05 bits per heavy atom. The van der Waals surface area contributed by atoms with Crippen LogP contribution < -0.4 is 5.32 Å². The molecule has 2 saturated heterocycles. The SMILES string of the molecule is CC[C@H](C)[C@@H](C(CC(=O)N1CCC[C@H]1[C@H](OC)[C@@H](C)C(=O)C[C@H](CC(=O)O)Cc1ccccc1)OC)N(C)C(=O)[C@@H](CC(=O)[C@H](C(C)C)N1CCNCC1)C(C)C. The monoisotopic (exact) mass is 799 g/mol. The predicted octanol–water partition coefficient (Wildman–Crippen LogP) is 5.36. The summed E-state index contributed by atoms with van der Waals surface area (Å²) in [5, 5.41) is 13.0. The van der Waals surface area contributed by atoms with Crippen molar-refractivity contribution >= 4 is 29.4 Å². The zero-order valence-electron chi connectivity index (χ0n) is 36.6. The number of likely N-dealkylation sites (N-methyl/N-ethyl adjacent to an activating group) is 1. The average molecular weight is 799 g/mol. The number of carboxylic acids is 1. The van der Waals surface area contributed by atoms with Gasteiger partial charge < -0.3 is 29.7 Å². The number of amides is 2. The summed E-state index contributed by atoms with van der Waals surface area (Å²) >= 11 is 0. The van der Waals surface area contributed by atoms with Crippen LogP contribution in [0.1, 0.15) is 99.0 Å². The lowest BCUT2D eigenvalue weighted by Crippen LogP contribution is -2.55. The summed E-state index contributed by atoms with van der Waals surface area (Å²) in [5.41, 5.74) is 0.981. The molecule has 1 aromatic carbocycles. The molecule has 12 nitrogen and oxygen atoms in total. The van der Waals surface area contributed by atoms with Gasteiger partial charge in [-0.15, -0.1) is 0 Å². The van der Waals surface area contributed by atoms with Crippen molar-refractivity contribution in [1.82, 2.24) is 20.0 Å². The maximum atomic E-state index is 14.5. The number of benzene rings is 1. The van der Waals surface area contributed by atoms with E-state index >= 15 is 0 Å². The maximum Gasteiger partial charge on any atom is 0.303 e. The highest BCUT2D eigenvalue weighted by Crippen LogP contribution is 2.32. The van der Waals surface area contributed by atoms with E-state index in [1.54, 1.807) is 26.2 Å². The highest BCUT2D eigenvalue weighted by molar-refractivity contribution is 5.90. The van der Waals surface area contributed by atoms with E-state index in [0.717, 1.165) is 44.6 Å². The number of hydrogen-bond acceptors (Lipinski definition) is 9. The van der Waals surface area contributed by atoms with Crippen molar-refractivity contribution in [3.8, 4) is 0 Å². The van der Waals surface area contributed by atoms with Crippen LogP contribution >= 0.6 is 0 Å². The van der Waals surface area contributed by atoms with Crippen LogP contribution in [-0.2, 0) is 39.9 Å². The van der Waals surface area contributed by atoms with Gasteiger partial charge in [-0.2, -0.15) is 0 Å². The first-order chi connectivity index (χ1) is 27.1. The van der Waals surface area contributed by atoms with Gasteiger partial charge in [-0.1, -0.05) is 85.2 Å². The molecule has 0 aromatic heterocycles. The summed E-state index contributed by atoms with van der Waals surface area (Å²) in [6, 6.07) is 8.59. The van der Waals surface area contributed by atoms with Crippen molar-refractivity contribution in [2.45, 2.75) is 130 Å². The molecule has 2 N–H and O–H groups in total. The molecular formula is C45H74N4O8. The lowest BCUT2D eigenvalue weighted by atomic mass is 9.83. The second-order valence-corrected chi connectivity index (χ2v) is 17.4. The number of carboxylic acid groups (broad SMARTS) is 1. The molecular weight excluding hydrogens is 725 g/mol. The number of nitrogens with one attached hydrogen (secondary N) is 1. The highest BCUT2D eigenvalue weighted by atomic mass is 16.5. The van der Waals surface area contributed by atoms with Gasteiger partial charge in [0.1, 0.15) is 5.78 Å². The second-order valence-electron chi connectivity index (χ2n) is 17.4. The Bertz CT molecular complexity index is 1430. The molecule has 2 heterocycles. The van der Waals surface area contributed by atoms with Gasteiger partial charge in [-0.3, -0.25) is 28.9 Å². The van der Waals surface area contributed by atoms with Crippen molar-refractivity contribution in [3.05, 3.63) is 35.9 Å². The van der Waals surface area contributed by atoms with Crippen molar-refractivity contribution < 1.29 is 38.6 Å². The number of carbonyl (C=O) groups excluding carboxylic acids is 4. The summed E-state index contributed by atoms with van der Waals surface area (Å²) < 4.78 is 12.1. The zero-order chi connectivity index (χ0) is 42.4. The molecule has 57 heavy (non-hydrogen) atoms. The van der Waals surface area contributed by atoms with Crippen LogP contribution in [0.2, 0.25) is 0 Å². The van der Waals surface area contributed by atoms with Gasteiger partial charge >= 0.3 is 5.97 Å². The van der Waals surface area contributed by atoms with E-state index in [4.69, 9.17) is 9.47 Å². The Labute approximate surface area is 342 Å². The van der Waals surface area contributed by atoms with Crippen molar-refractivity contribution in [2.24, 2.45) is 35.5 Å². The number of aliphatic carboxylic acids is 1. The Kier molecular flexibility index (Phi) is 19.8. The molecule has 0 bridgehead atoms. The maximum absolute atomic E-state index is 14.5. The van der Waals surface area contributed by atoms with Gasteiger partial charge in [0.25, 0.3) is 0 Å². The lowest BCUT2D eigenvalue weighted by molar-refractivity contribution is -0.149. The summed E-state index contributed by atoms with van der Waals surface area (Å²) in [6.45, 7) is 17.9. The van der Waals surface area contributed by atoms with Crippen molar-refractivity contribution in [3.63, 3.8) is 0 Å². The van der Waals surface area contributed by atoms with Crippen LogP contribution in [0.4, 0.5) is 0 Å². The number of Topliss-reactive ketones (excluding diaryl/α,β-unsaturated/α-hetero) is 2. The van der Waals surface area contributed by atoms with Crippen LogP contribution in [0.5, 0.6) is 0 Å². The van der Waals surface area contributed by atoms with Gasteiger partial charge in [0.05, 0.1) is 36.8 Å². The molecule has 2 amide bonds. The fourth-order valence-corrected chi connectivity index (χ4v) is 9.39. The number of ether oxygens (including phenoxy) is 2. The Hall–Kier alpha value is -3.19. The molecule has 2 aliphatic heterocycles. The molecule has 9 atom stereocenters. The third-order valence-corrected chi connectivity index (χ3v) is 12.7. The highest BCUT2D eigenvalue weighted by Gasteiger charge is 2.43.